The zero-order chi connectivity index (χ0) is 33.6. The molecule has 0 fully saturated rings. The number of benzene rings is 5. The molecular formula is C45H33N5. The second-order valence-electron chi connectivity index (χ2n) is 12.6. The normalized spacial score (nSPS) is 11.7. The van der Waals surface area contributed by atoms with Crippen LogP contribution in [0.15, 0.2) is 164 Å². The standard InChI is InChI=1S/C45H33N5/c1-30-37-17-5-7-19-43(37)49(42(30)21-23-46)35-15-9-13-32(25-35)40-27-34(31-11-3-2-4-12-31)28-41(48-40)33-14-10-16-36(26-33)50-44-20-8-6-18-38(44)39-29-47-24-22-45(39)50/h2-29H,46H2,1H3/b23-21-. The number of nitrogens with zero attached hydrogens (tertiary/aromatic N) is 4. The molecule has 50 heavy (non-hydrogen) atoms. The van der Waals surface area contributed by atoms with E-state index in [1.165, 1.54) is 16.3 Å². The Morgan fingerprint density at radius 3 is 1.80 bits per heavy atom. The first kappa shape index (κ1) is 29.4. The lowest BCUT2D eigenvalue weighted by Gasteiger charge is -2.14. The van der Waals surface area contributed by atoms with Gasteiger partial charge in [-0.25, -0.2) is 4.98 Å². The van der Waals surface area contributed by atoms with E-state index in [0.717, 1.165) is 72.6 Å². The van der Waals surface area contributed by atoms with Crippen molar-refractivity contribution in [2.45, 2.75) is 6.92 Å². The Balaban J connectivity index is 1.22. The number of pyridine rings is 2. The van der Waals surface area contributed by atoms with Gasteiger partial charge in [-0.2, -0.15) is 0 Å². The summed E-state index contributed by atoms with van der Waals surface area (Å²) in [7, 11) is 0. The first-order valence-electron chi connectivity index (χ1n) is 16.8. The van der Waals surface area contributed by atoms with Gasteiger partial charge in [0.25, 0.3) is 0 Å². The molecule has 238 valence electrons. The van der Waals surface area contributed by atoms with E-state index in [9.17, 15) is 0 Å². The van der Waals surface area contributed by atoms with E-state index in [1.54, 1.807) is 6.20 Å². The van der Waals surface area contributed by atoms with Crippen molar-refractivity contribution in [1.29, 1.82) is 0 Å². The molecule has 0 aliphatic carbocycles. The minimum Gasteiger partial charge on any atom is -0.405 e. The van der Waals surface area contributed by atoms with Crippen molar-refractivity contribution in [3.05, 3.63) is 175 Å². The molecule has 9 aromatic rings. The summed E-state index contributed by atoms with van der Waals surface area (Å²) in [5, 5.41) is 3.52. The fourth-order valence-corrected chi connectivity index (χ4v) is 7.32. The summed E-state index contributed by atoms with van der Waals surface area (Å²) in [6.07, 6.45) is 7.41. The summed E-state index contributed by atoms with van der Waals surface area (Å²) in [5.74, 6) is 0. The van der Waals surface area contributed by atoms with E-state index in [0.29, 0.717) is 0 Å². The monoisotopic (exact) mass is 643 g/mol. The molecule has 0 saturated carbocycles. The molecule has 9 rings (SSSR count). The van der Waals surface area contributed by atoms with E-state index < -0.39 is 0 Å². The van der Waals surface area contributed by atoms with Gasteiger partial charge < -0.3 is 14.9 Å². The number of hydrogen-bond acceptors (Lipinski definition) is 3. The summed E-state index contributed by atoms with van der Waals surface area (Å²) >= 11 is 0. The third-order valence-corrected chi connectivity index (χ3v) is 9.63. The Morgan fingerprint density at radius 2 is 1.10 bits per heavy atom. The van der Waals surface area contributed by atoms with Gasteiger partial charge in [0.2, 0.25) is 0 Å². The van der Waals surface area contributed by atoms with Crippen molar-refractivity contribution in [2.75, 3.05) is 0 Å². The van der Waals surface area contributed by atoms with Gasteiger partial charge >= 0.3 is 0 Å². The second kappa shape index (κ2) is 12.1. The molecule has 0 atom stereocenters. The quantitative estimate of drug-likeness (QED) is 0.196. The number of aromatic nitrogens is 4. The van der Waals surface area contributed by atoms with Crippen LogP contribution in [0.4, 0.5) is 0 Å². The third-order valence-electron chi connectivity index (χ3n) is 9.63. The average molecular weight is 644 g/mol. The predicted octanol–water partition coefficient (Wildman–Crippen LogP) is 10.8. The van der Waals surface area contributed by atoms with Gasteiger partial charge in [0.1, 0.15) is 0 Å². The van der Waals surface area contributed by atoms with Crippen LogP contribution in [0.25, 0.3) is 83.8 Å². The largest absolute Gasteiger partial charge is 0.405 e. The molecule has 4 heterocycles. The number of nitrogens with two attached hydrogens (primary N) is 1. The topological polar surface area (TPSA) is 61.7 Å². The molecule has 5 aromatic carbocycles. The number of rotatable bonds is 6. The molecule has 0 amide bonds. The molecule has 0 spiro atoms. The molecule has 0 aliphatic heterocycles. The van der Waals surface area contributed by atoms with Gasteiger partial charge in [-0.15, -0.1) is 0 Å². The second-order valence-corrected chi connectivity index (χ2v) is 12.6. The number of fused-ring (bicyclic) bond motifs is 4. The first-order chi connectivity index (χ1) is 24.7. The molecule has 0 saturated heterocycles. The lowest BCUT2D eigenvalue weighted by atomic mass is 9.99. The molecule has 0 radical (unpaired) electrons. The summed E-state index contributed by atoms with van der Waals surface area (Å²) in [5.41, 5.74) is 19.9. The van der Waals surface area contributed by atoms with Gasteiger partial charge in [0.15, 0.2) is 0 Å². The highest BCUT2D eigenvalue weighted by molar-refractivity contribution is 6.08. The Morgan fingerprint density at radius 1 is 0.520 bits per heavy atom. The van der Waals surface area contributed by atoms with E-state index in [4.69, 9.17) is 10.7 Å². The molecule has 2 N–H and O–H groups in total. The molecule has 0 unspecified atom stereocenters. The van der Waals surface area contributed by atoms with E-state index in [2.05, 4.69) is 167 Å². The Kier molecular flexibility index (Phi) is 7.10. The predicted molar refractivity (Wildman–Crippen MR) is 207 cm³/mol. The lowest BCUT2D eigenvalue weighted by molar-refractivity contribution is 1.10. The maximum atomic E-state index is 5.95. The molecule has 0 bridgehead atoms. The molecule has 5 heteroatoms. The lowest BCUT2D eigenvalue weighted by Crippen LogP contribution is -1.99. The molecular weight excluding hydrogens is 611 g/mol. The van der Waals surface area contributed by atoms with Crippen LogP contribution in [-0.2, 0) is 0 Å². The van der Waals surface area contributed by atoms with Gasteiger partial charge in [0, 0.05) is 51.1 Å². The van der Waals surface area contributed by atoms with Crippen molar-refractivity contribution < 1.29 is 0 Å². The number of aryl methyl sites for hydroxylation is 1. The average Bonchev–Trinajstić information content (AvgIpc) is 3.67. The van der Waals surface area contributed by atoms with Crippen molar-refractivity contribution in [2.24, 2.45) is 5.73 Å². The van der Waals surface area contributed by atoms with Crippen molar-refractivity contribution in [3.8, 4) is 45.0 Å². The number of para-hydroxylation sites is 2. The van der Waals surface area contributed by atoms with Gasteiger partial charge in [-0.1, -0.05) is 91.0 Å². The maximum absolute atomic E-state index is 5.95. The van der Waals surface area contributed by atoms with Crippen LogP contribution in [0.2, 0.25) is 0 Å². The van der Waals surface area contributed by atoms with Crippen LogP contribution < -0.4 is 5.73 Å². The SMILES string of the molecule is Cc1c(/C=C\N)n(-c2cccc(-c3cc(-c4ccccc4)cc(-c4cccc(-n5c6ccccc6c6cnccc65)c4)n3)c2)c2ccccc12. The van der Waals surface area contributed by atoms with E-state index in [-0.39, 0.29) is 0 Å². The highest BCUT2D eigenvalue weighted by atomic mass is 15.0. The highest BCUT2D eigenvalue weighted by Gasteiger charge is 2.17. The van der Waals surface area contributed by atoms with E-state index in [1.807, 2.05) is 18.5 Å². The van der Waals surface area contributed by atoms with E-state index >= 15 is 0 Å². The Labute approximate surface area is 290 Å². The highest BCUT2D eigenvalue weighted by Crippen LogP contribution is 2.36. The summed E-state index contributed by atoms with van der Waals surface area (Å²) < 4.78 is 4.60. The van der Waals surface area contributed by atoms with Crippen molar-refractivity contribution in [3.63, 3.8) is 0 Å². The van der Waals surface area contributed by atoms with Gasteiger partial charge in [-0.05, 0) is 90.5 Å². The van der Waals surface area contributed by atoms with Crippen LogP contribution in [0.5, 0.6) is 0 Å². The van der Waals surface area contributed by atoms with Gasteiger partial charge in [0.05, 0.1) is 33.6 Å². The molecule has 0 aliphatic rings. The Hall–Kier alpha value is -6.72. The zero-order valence-corrected chi connectivity index (χ0v) is 27.5. The van der Waals surface area contributed by atoms with Crippen molar-refractivity contribution >= 4 is 38.8 Å². The van der Waals surface area contributed by atoms with Crippen LogP contribution >= 0.6 is 0 Å². The minimum absolute atomic E-state index is 0.903. The van der Waals surface area contributed by atoms with Crippen LogP contribution in [0.1, 0.15) is 11.3 Å². The smallest absolute Gasteiger partial charge is 0.0716 e. The first-order valence-corrected chi connectivity index (χ1v) is 16.8. The molecule has 5 nitrogen and oxygen atoms in total. The van der Waals surface area contributed by atoms with Crippen LogP contribution in [0, 0.1) is 6.92 Å². The zero-order valence-electron chi connectivity index (χ0n) is 27.5. The summed E-state index contributed by atoms with van der Waals surface area (Å²) in [6, 6.07) is 51.3. The molecule has 4 aromatic heterocycles. The third kappa shape index (κ3) is 4.87. The van der Waals surface area contributed by atoms with Crippen LogP contribution in [0.3, 0.4) is 0 Å². The fraction of sp³-hybridized carbons (Fsp3) is 0.0222. The van der Waals surface area contributed by atoms with Gasteiger partial charge in [-0.3, -0.25) is 4.98 Å². The number of hydrogen-bond donors (Lipinski definition) is 1. The van der Waals surface area contributed by atoms with Crippen LogP contribution in [-0.4, -0.2) is 19.1 Å². The van der Waals surface area contributed by atoms with Crippen molar-refractivity contribution in [1.82, 2.24) is 19.1 Å². The minimum atomic E-state index is 0.903. The maximum Gasteiger partial charge on any atom is 0.0716 e. The fourth-order valence-electron chi connectivity index (χ4n) is 7.32. The summed E-state index contributed by atoms with van der Waals surface area (Å²) in [4.78, 5) is 9.78. The summed E-state index contributed by atoms with van der Waals surface area (Å²) in [6.45, 7) is 2.15. The Bertz CT molecular complexity index is 2680.